The van der Waals surface area contributed by atoms with Crippen LogP contribution >= 0.6 is 0 Å². The van der Waals surface area contributed by atoms with E-state index in [1.807, 2.05) is 6.92 Å². The number of aryl methyl sites for hydroxylation is 1. The molecule has 1 aromatic carbocycles. The minimum Gasteiger partial charge on any atom is -0.464 e. The van der Waals surface area contributed by atoms with E-state index in [1.165, 1.54) is 18.9 Å². The Morgan fingerprint density at radius 3 is 2.62 bits per heavy atom. The topological polar surface area (TPSA) is 64.1 Å². The Labute approximate surface area is 124 Å². The van der Waals surface area contributed by atoms with Gasteiger partial charge in [0.15, 0.2) is 5.69 Å². The van der Waals surface area contributed by atoms with E-state index in [4.69, 9.17) is 0 Å². The number of nitrogens with zero attached hydrogens (tertiary/aromatic N) is 2. The summed E-state index contributed by atoms with van der Waals surface area (Å²) in [6.07, 6.45) is 4.00. The summed E-state index contributed by atoms with van der Waals surface area (Å²) in [5.74, 6) is 0.0519. The van der Waals surface area contributed by atoms with E-state index in [0.717, 1.165) is 12.0 Å². The van der Waals surface area contributed by atoms with Crippen LogP contribution in [0.1, 0.15) is 41.5 Å². The Hall–Kier alpha value is -2.43. The molecule has 1 unspecified atom stereocenters. The summed E-state index contributed by atoms with van der Waals surface area (Å²) in [4.78, 5) is 19.6. The summed E-state index contributed by atoms with van der Waals surface area (Å²) in [6, 6.07) is 8.48. The Morgan fingerprint density at radius 1 is 1.29 bits per heavy atom. The predicted molar refractivity (Wildman–Crippen MR) is 81.2 cm³/mol. The molecule has 2 aromatic rings. The number of hydrogen-bond donors (Lipinski definition) is 1. The number of aromatic nitrogens is 2. The van der Waals surface area contributed by atoms with Crippen LogP contribution in [-0.2, 0) is 11.2 Å². The van der Waals surface area contributed by atoms with Gasteiger partial charge in [-0.3, -0.25) is 4.98 Å². The van der Waals surface area contributed by atoms with Crippen molar-refractivity contribution in [2.45, 2.75) is 26.3 Å². The van der Waals surface area contributed by atoms with Crippen LogP contribution in [0.25, 0.3) is 0 Å². The van der Waals surface area contributed by atoms with Gasteiger partial charge in [0.1, 0.15) is 5.82 Å². The molecule has 1 atom stereocenters. The van der Waals surface area contributed by atoms with E-state index in [2.05, 4.69) is 51.2 Å². The van der Waals surface area contributed by atoms with Crippen molar-refractivity contribution in [3.63, 3.8) is 0 Å². The first-order valence-electron chi connectivity index (χ1n) is 6.89. The lowest BCUT2D eigenvalue weighted by Crippen LogP contribution is -2.11. The first-order valence-corrected chi connectivity index (χ1v) is 6.89. The Kier molecular flexibility index (Phi) is 4.87. The molecule has 5 heteroatoms. The van der Waals surface area contributed by atoms with Gasteiger partial charge < -0.3 is 10.1 Å². The van der Waals surface area contributed by atoms with Crippen molar-refractivity contribution in [2.24, 2.45) is 0 Å². The van der Waals surface area contributed by atoms with Crippen molar-refractivity contribution in [1.29, 1.82) is 0 Å². The summed E-state index contributed by atoms with van der Waals surface area (Å²) in [7, 11) is 1.32. The second-order valence-electron chi connectivity index (χ2n) is 4.74. The quantitative estimate of drug-likeness (QED) is 0.856. The van der Waals surface area contributed by atoms with Gasteiger partial charge in [-0.25, -0.2) is 9.78 Å². The lowest BCUT2D eigenvalue weighted by Gasteiger charge is -2.15. The molecule has 0 saturated heterocycles. The molecule has 0 aliphatic heterocycles. The van der Waals surface area contributed by atoms with Gasteiger partial charge in [-0.15, -0.1) is 0 Å². The van der Waals surface area contributed by atoms with Crippen molar-refractivity contribution in [3.05, 3.63) is 53.5 Å². The fourth-order valence-corrected chi connectivity index (χ4v) is 1.99. The van der Waals surface area contributed by atoms with E-state index in [0.29, 0.717) is 5.82 Å². The van der Waals surface area contributed by atoms with Crippen molar-refractivity contribution in [3.8, 4) is 0 Å². The average molecular weight is 285 g/mol. The molecule has 0 aliphatic rings. The highest BCUT2D eigenvalue weighted by Gasteiger charge is 2.11. The molecule has 2 rings (SSSR count). The maximum absolute atomic E-state index is 11.4. The van der Waals surface area contributed by atoms with Crippen LogP contribution in [0.5, 0.6) is 0 Å². The van der Waals surface area contributed by atoms with E-state index in [9.17, 15) is 4.79 Å². The third-order valence-corrected chi connectivity index (χ3v) is 3.28. The number of esters is 1. The molecular formula is C16H19N3O2. The standard InChI is InChI=1S/C16H19N3O2/c1-4-12-5-7-13(8-6-12)11(2)18-15-10-17-9-14(19-15)16(20)21-3/h5-11H,4H2,1-3H3,(H,18,19). The first-order chi connectivity index (χ1) is 10.1. The van der Waals surface area contributed by atoms with E-state index < -0.39 is 5.97 Å². The van der Waals surface area contributed by atoms with Gasteiger partial charge in [0.25, 0.3) is 0 Å². The lowest BCUT2D eigenvalue weighted by molar-refractivity contribution is 0.0593. The van der Waals surface area contributed by atoms with Gasteiger partial charge in [-0.2, -0.15) is 0 Å². The van der Waals surface area contributed by atoms with Crippen LogP contribution in [0, 0.1) is 0 Å². The molecule has 110 valence electrons. The third-order valence-electron chi connectivity index (χ3n) is 3.28. The number of carbonyl (C=O) groups excluding carboxylic acids is 1. The summed E-state index contributed by atoms with van der Waals surface area (Å²) >= 11 is 0. The summed E-state index contributed by atoms with van der Waals surface area (Å²) in [5, 5.41) is 3.23. The van der Waals surface area contributed by atoms with Crippen molar-refractivity contribution >= 4 is 11.8 Å². The molecule has 1 heterocycles. The number of anilines is 1. The minimum atomic E-state index is -0.494. The highest BCUT2D eigenvalue weighted by Crippen LogP contribution is 2.18. The number of nitrogens with one attached hydrogen (secondary N) is 1. The number of hydrogen-bond acceptors (Lipinski definition) is 5. The largest absolute Gasteiger partial charge is 0.464 e. The number of benzene rings is 1. The van der Waals surface area contributed by atoms with Gasteiger partial charge in [0.2, 0.25) is 0 Å². The molecule has 0 amide bonds. The van der Waals surface area contributed by atoms with Crippen molar-refractivity contribution in [2.75, 3.05) is 12.4 Å². The van der Waals surface area contributed by atoms with Gasteiger partial charge in [-0.1, -0.05) is 31.2 Å². The molecule has 0 saturated carbocycles. The second kappa shape index (κ2) is 6.83. The van der Waals surface area contributed by atoms with Crippen LogP contribution in [0.3, 0.4) is 0 Å². The van der Waals surface area contributed by atoms with Crippen molar-refractivity contribution in [1.82, 2.24) is 9.97 Å². The van der Waals surface area contributed by atoms with Gasteiger partial charge >= 0.3 is 5.97 Å². The molecule has 5 nitrogen and oxygen atoms in total. The number of carbonyl (C=O) groups is 1. The molecule has 0 bridgehead atoms. The van der Waals surface area contributed by atoms with Crippen LogP contribution in [0.15, 0.2) is 36.7 Å². The average Bonchev–Trinajstić information content (AvgIpc) is 2.54. The predicted octanol–water partition coefficient (Wildman–Crippen LogP) is 3.00. The Balaban J connectivity index is 2.11. The molecule has 0 aliphatic carbocycles. The zero-order valence-electron chi connectivity index (χ0n) is 12.5. The highest BCUT2D eigenvalue weighted by molar-refractivity contribution is 5.87. The number of rotatable bonds is 5. The number of ether oxygens (including phenoxy) is 1. The molecule has 0 radical (unpaired) electrons. The minimum absolute atomic E-state index is 0.0677. The first kappa shape index (κ1) is 15.0. The fraction of sp³-hybridized carbons (Fsp3) is 0.312. The van der Waals surface area contributed by atoms with E-state index in [-0.39, 0.29) is 11.7 Å². The maximum atomic E-state index is 11.4. The maximum Gasteiger partial charge on any atom is 0.358 e. The molecule has 1 N–H and O–H groups in total. The van der Waals surface area contributed by atoms with Crippen LogP contribution in [-0.4, -0.2) is 23.0 Å². The van der Waals surface area contributed by atoms with Crippen LogP contribution in [0.2, 0.25) is 0 Å². The Morgan fingerprint density at radius 2 is 2.00 bits per heavy atom. The van der Waals surface area contributed by atoms with E-state index >= 15 is 0 Å². The second-order valence-corrected chi connectivity index (χ2v) is 4.74. The van der Waals surface area contributed by atoms with Crippen LogP contribution in [0.4, 0.5) is 5.82 Å². The van der Waals surface area contributed by atoms with Gasteiger partial charge in [0, 0.05) is 6.04 Å². The normalized spacial score (nSPS) is 11.8. The van der Waals surface area contributed by atoms with Gasteiger partial charge in [-0.05, 0) is 24.5 Å². The smallest absolute Gasteiger partial charge is 0.358 e. The molecule has 0 spiro atoms. The number of methoxy groups -OCH3 is 1. The fourth-order valence-electron chi connectivity index (χ4n) is 1.99. The zero-order chi connectivity index (χ0) is 15.2. The Bertz CT molecular complexity index is 611. The summed E-state index contributed by atoms with van der Waals surface area (Å²) in [5.41, 5.74) is 2.65. The molecule has 0 fully saturated rings. The monoisotopic (exact) mass is 285 g/mol. The van der Waals surface area contributed by atoms with Gasteiger partial charge in [0.05, 0.1) is 19.5 Å². The van der Waals surface area contributed by atoms with Crippen LogP contribution < -0.4 is 5.32 Å². The van der Waals surface area contributed by atoms with Crippen molar-refractivity contribution < 1.29 is 9.53 Å². The highest BCUT2D eigenvalue weighted by atomic mass is 16.5. The summed E-state index contributed by atoms with van der Waals surface area (Å²) in [6.45, 7) is 4.16. The third kappa shape index (κ3) is 3.78. The molecular weight excluding hydrogens is 266 g/mol. The SMILES string of the molecule is CCc1ccc(C(C)Nc2cncc(C(=O)OC)n2)cc1. The molecule has 21 heavy (non-hydrogen) atoms. The zero-order valence-corrected chi connectivity index (χ0v) is 12.5. The molecule has 1 aromatic heterocycles. The lowest BCUT2D eigenvalue weighted by atomic mass is 10.1. The summed E-state index contributed by atoms with van der Waals surface area (Å²) < 4.78 is 4.64. The van der Waals surface area contributed by atoms with E-state index in [1.54, 1.807) is 6.20 Å².